The van der Waals surface area contributed by atoms with Crippen LogP contribution in [0, 0.1) is 20.8 Å². The maximum Gasteiger partial charge on any atom is 0.310 e. The number of nitrogens with one attached hydrogen (secondary N) is 1. The van der Waals surface area contributed by atoms with Gasteiger partial charge in [0.1, 0.15) is 0 Å². The number of aryl methyl sites for hydroxylation is 3. The number of fused-ring (bicyclic) bond motifs is 1. The van der Waals surface area contributed by atoms with E-state index < -0.39 is 0 Å². The highest BCUT2D eigenvalue weighted by Crippen LogP contribution is 2.33. The number of ether oxygens (including phenoxy) is 1. The molecule has 0 aliphatic carbocycles. The van der Waals surface area contributed by atoms with Crippen LogP contribution in [0.2, 0.25) is 0 Å². The predicted molar refractivity (Wildman–Crippen MR) is 101 cm³/mol. The van der Waals surface area contributed by atoms with Gasteiger partial charge in [-0.3, -0.25) is 9.78 Å². The molecule has 0 atom stereocenters. The molecule has 1 N–H and O–H groups in total. The lowest BCUT2D eigenvalue weighted by molar-refractivity contribution is -0.139. The second-order valence-corrected chi connectivity index (χ2v) is 6.26. The molecule has 0 saturated carbocycles. The Bertz CT molecular complexity index is 948. The van der Waals surface area contributed by atoms with Crippen molar-refractivity contribution in [1.29, 1.82) is 0 Å². The molecule has 0 spiro atoms. The zero-order valence-corrected chi connectivity index (χ0v) is 15.0. The summed E-state index contributed by atoms with van der Waals surface area (Å²) < 4.78 is 4.87. The van der Waals surface area contributed by atoms with E-state index in [0.717, 1.165) is 39.1 Å². The van der Waals surface area contributed by atoms with Crippen molar-refractivity contribution in [1.82, 2.24) is 4.98 Å². The number of pyridine rings is 1. The summed E-state index contributed by atoms with van der Waals surface area (Å²) in [6.45, 7) is 6.06. The number of aromatic nitrogens is 1. The Morgan fingerprint density at radius 1 is 1.12 bits per heavy atom. The third-order valence-corrected chi connectivity index (χ3v) is 4.40. The predicted octanol–water partition coefficient (Wildman–Crippen LogP) is 4.62. The molecule has 0 aliphatic heterocycles. The number of para-hydroxylation sites is 1. The van der Waals surface area contributed by atoms with Crippen molar-refractivity contribution in [3.63, 3.8) is 0 Å². The minimum Gasteiger partial charge on any atom is -0.469 e. The van der Waals surface area contributed by atoms with Gasteiger partial charge in [-0.25, -0.2) is 0 Å². The van der Waals surface area contributed by atoms with Crippen molar-refractivity contribution < 1.29 is 9.53 Å². The second kappa shape index (κ2) is 6.93. The Balaban J connectivity index is 2.20. The fraction of sp³-hybridized carbons (Fsp3) is 0.238. The minimum atomic E-state index is -0.274. The first kappa shape index (κ1) is 17.0. The topological polar surface area (TPSA) is 51.2 Å². The maximum atomic E-state index is 11.9. The van der Waals surface area contributed by atoms with Crippen LogP contribution in [0.4, 0.5) is 11.4 Å². The Labute approximate surface area is 147 Å². The first-order valence-corrected chi connectivity index (χ1v) is 8.29. The molecule has 0 bridgehead atoms. The number of esters is 1. The third-order valence-electron chi connectivity index (χ3n) is 4.40. The number of hydrogen-bond acceptors (Lipinski definition) is 4. The molecule has 0 saturated heterocycles. The lowest BCUT2D eigenvalue weighted by Crippen LogP contribution is -2.10. The number of hydrogen-bond donors (Lipinski definition) is 1. The summed E-state index contributed by atoms with van der Waals surface area (Å²) >= 11 is 0. The van der Waals surface area contributed by atoms with E-state index in [1.807, 2.05) is 31.2 Å². The molecule has 1 heterocycles. The quantitative estimate of drug-likeness (QED) is 0.707. The van der Waals surface area contributed by atoms with Crippen LogP contribution < -0.4 is 5.32 Å². The fourth-order valence-corrected chi connectivity index (χ4v) is 2.95. The van der Waals surface area contributed by atoms with Gasteiger partial charge in [-0.05, 0) is 44.0 Å². The van der Waals surface area contributed by atoms with Crippen molar-refractivity contribution in [2.75, 3.05) is 12.4 Å². The van der Waals surface area contributed by atoms with E-state index in [0.29, 0.717) is 0 Å². The smallest absolute Gasteiger partial charge is 0.310 e. The second-order valence-electron chi connectivity index (χ2n) is 6.26. The molecule has 3 aromatic rings. The maximum absolute atomic E-state index is 11.9. The van der Waals surface area contributed by atoms with E-state index in [2.05, 4.69) is 42.3 Å². The standard InChI is InChI=1S/C21H22N2O2/c1-13-9-10-14(2)19(11-13)23-21-16-7-5-6-8-18(16)22-15(3)17(21)12-20(24)25-4/h5-11H,12H2,1-4H3,(H,22,23). The highest BCUT2D eigenvalue weighted by atomic mass is 16.5. The fourth-order valence-electron chi connectivity index (χ4n) is 2.95. The van der Waals surface area contributed by atoms with Gasteiger partial charge in [-0.1, -0.05) is 30.3 Å². The molecular weight excluding hydrogens is 312 g/mol. The van der Waals surface area contributed by atoms with E-state index in [9.17, 15) is 4.79 Å². The largest absolute Gasteiger partial charge is 0.469 e. The van der Waals surface area contributed by atoms with Gasteiger partial charge < -0.3 is 10.1 Å². The summed E-state index contributed by atoms with van der Waals surface area (Å²) in [5, 5.41) is 4.54. The number of carbonyl (C=O) groups excluding carboxylic acids is 1. The van der Waals surface area contributed by atoms with Gasteiger partial charge >= 0.3 is 5.97 Å². The first-order valence-electron chi connectivity index (χ1n) is 8.29. The van der Waals surface area contributed by atoms with Crippen LogP contribution in [0.1, 0.15) is 22.4 Å². The normalized spacial score (nSPS) is 10.7. The van der Waals surface area contributed by atoms with Crippen molar-refractivity contribution in [2.24, 2.45) is 0 Å². The van der Waals surface area contributed by atoms with Crippen LogP contribution in [-0.4, -0.2) is 18.1 Å². The summed E-state index contributed by atoms with van der Waals surface area (Å²) in [7, 11) is 1.41. The third kappa shape index (κ3) is 3.48. The summed E-state index contributed by atoms with van der Waals surface area (Å²) in [4.78, 5) is 16.6. The van der Waals surface area contributed by atoms with Gasteiger partial charge in [0.2, 0.25) is 0 Å². The molecule has 1 aromatic heterocycles. The van der Waals surface area contributed by atoms with E-state index in [1.165, 1.54) is 12.7 Å². The van der Waals surface area contributed by atoms with Gasteiger partial charge in [-0.15, -0.1) is 0 Å². The van der Waals surface area contributed by atoms with Crippen LogP contribution in [0.5, 0.6) is 0 Å². The molecule has 0 aliphatic rings. The molecule has 4 nitrogen and oxygen atoms in total. The van der Waals surface area contributed by atoms with E-state index in [1.54, 1.807) is 0 Å². The Morgan fingerprint density at radius 2 is 1.88 bits per heavy atom. The van der Waals surface area contributed by atoms with Gasteiger partial charge in [0.15, 0.2) is 0 Å². The highest BCUT2D eigenvalue weighted by Gasteiger charge is 2.17. The van der Waals surface area contributed by atoms with Crippen molar-refractivity contribution >= 4 is 28.2 Å². The molecular formula is C21H22N2O2. The molecule has 3 rings (SSSR count). The molecule has 25 heavy (non-hydrogen) atoms. The average molecular weight is 334 g/mol. The van der Waals surface area contributed by atoms with E-state index in [-0.39, 0.29) is 12.4 Å². The first-order chi connectivity index (χ1) is 12.0. The summed E-state index contributed by atoms with van der Waals surface area (Å²) in [6.07, 6.45) is 0.188. The van der Waals surface area contributed by atoms with Gasteiger partial charge in [0.05, 0.1) is 24.7 Å². The number of methoxy groups -OCH3 is 1. The lowest BCUT2D eigenvalue weighted by Gasteiger charge is -2.18. The van der Waals surface area contributed by atoms with E-state index in [4.69, 9.17) is 4.74 Å². The molecule has 128 valence electrons. The zero-order chi connectivity index (χ0) is 18.0. The van der Waals surface area contributed by atoms with Gasteiger partial charge in [0, 0.05) is 22.3 Å². The van der Waals surface area contributed by atoms with Crippen LogP contribution in [-0.2, 0) is 16.0 Å². The highest BCUT2D eigenvalue weighted by molar-refractivity contribution is 5.96. The summed E-state index contributed by atoms with van der Waals surface area (Å²) in [5.41, 5.74) is 6.87. The monoisotopic (exact) mass is 334 g/mol. The van der Waals surface area contributed by atoms with Crippen LogP contribution >= 0.6 is 0 Å². The average Bonchev–Trinajstić information content (AvgIpc) is 2.60. The SMILES string of the molecule is COC(=O)Cc1c(C)nc2ccccc2c1Nc1cc(C)ccc1C. The number of anilines is 2. The van der Waals surface area contributed by atoms with Crippen LogP contribution in [0.3, 0.4) is 0 Å². The Morgan fingerprint density at radius 3 is 2.64 bits per heavy atom. The number of nitrogens with zero attached hydrogens (tertiary/aromatic N) is 1. The molecule has 0 fully saturated rings. The number of rotatable bonds is 4. The van der Waals surface area contributed by atoms with Crippen LogP contribution in [0.25, 0.3) is 10.9 Å². The molecule has 0 unspecified atom stereocenters. The lowest BCUT2D eigenvalue weighted by atomic mass is 10.0. The van der Waals surface area contributed by atoms with Crippen molar-refractivity contribution in [3.05, 3.63) is 64.8 Å². The summed E-state index contributed by atoms with van der Waals surface area (Å²) in [5.74, 6) is -0.274. The molecule has 2 aromatic carbocycles. The van der Waals surface area contributed by atoms with Crippen LogP contribution in [0.15, 0.2) is 42.5 Å². The molecule has 0 amide bonds. The minimum absolute atomic E-state index is 0.188. The molecule has 0 radical (unpaired) electrons. The Kier molecular flexibility index (Phi) is 4.70. The van der Waals surface area contributed by atoms with Crippen molar-refractivity contribution in [3.8, 4) is 0 Å². The zero-order valence-electron chi connectivity index (χ0n) is 15.0. The number of carbonyl (C=O) groups is 1. The van der Waals surface area contributed by atoms with Gasteiger partial charge in [-0.2, -0.15) is 0 Å². The summed E-state index contributed by atoms with van der Waals surface area (Å²) in [6, 6.07) is 14.3. The van der Waals surface area contributed by atoms with Crippen molar-refractivity contribution in [2.45, 2.75) is 27.2 Å². The van der Waals surface area contributed by atoms with Gasteiger partial charge in [0.25, 0.3) is 0 Å². The van der Waals surface area contributed by atoms with E-state index >= 15 is 0 Å². The Hall–Kier alpha value is -2.88. The molecule has 4 heteroatoms. The number of benzene rings is 2.